The number of amides is 4. The number of phenolic OH excluding ortho intramolecular Hbond substituents is 1. The van der Waals surface area contributed by atoms with Crippen molar-refractivity contribution in [1.29, 1.82) is 0 Å². The first kappa shape index (κ1) is 59.3. The lowest BCUT2D eigenvalue weighted by Gasteiger charge is -2.42. The van der Waals surface area contributed by atoms with Crippen molar-refractivity contribution in [2.45, 2.75) is 149 Å². The van der Waals surface area contributed by atoms with Crippen molar-refractivity contribution in [3.63, 3.8) is 0 Å². The van der Waals surface area contributed by atoms with Crippen LogP contribution >= 0.6 is 11.3 Å². The Bertz CT molecular complexity index is 3540. The number of rotatable bonds is 15. The van der Waals surface area contributed by atoms with Crippen LogP contribution in [0, 0.1) is 24.2 Å². The van der Waals surface area contributed by atoms with E-state index in [-0.39, 0.29) is 73.1 Å². The van der Waals surface area contributed by atoms with Gasteiger partial charge in [0.05, 0.1) is 63.5 Å². The number of aliphatic hydroxyl groups excluding tert-OH is 1. The Morgan fingerprint density at radius 3 is 2.28 bits per heavy atom. The molecule has 4 amide bonds. The van der Waals surface area contributed by atoms with Crippen LogP contribution in [-0.4, -0.2) is 175 Å². The van der Waals surface area contributed by atoms with E-state index in [2.05, 4.69) is 43.3 Å². The van der Waals surface area contributed by atoms with Crippen LogP contribution in [0.1, 0.15) is 128 Å². The Balaban J connectivity index is 0.638. The SMILES string of the molecule is Cc1ncsc1-c1ccc([C@H](C)NC(=O)[C@@H]2C[C@@H](O)CN2C(=O)[C@@H](NC(=O)CN2CC(CC3CCN(CCOc4nc(N5CC6CCC(C5)N6C(=O)OC(C)(C)C)c5cnc6c(c5n4)C(C)c4cccc5cc(O)cc-6c45)CC3)C2)C(C)(C)C)cc1. The van der Waals surface area contributed by atoms with Gasteiger partial charge >= 0.3 is 12.1 Å². The molecule has 5 aliphatic heterocycles. The predicted molar refractivity (Wildman–Crippen MR) is 332 cm³/mol. The third-order valence-corrected chi connectivity index (χ3v) is 19.7. The maximum atomic E-state index is 14.4. The molecule has 20 heteroatoms. The molecule has 0 radical (unpaired) electrons. The van der Waals surface area contributed by atoms with Gasteiger partial charge in [0.25, 0.3) is 0 Å². The van der Waals surface area contributed by atoms with Crippen molar-refractivity contribution in [2.24, 2.45) is 17.3 Å². The minimum absolute atomic E-state index is 0.0144. The fraction of sp³-hybridized carbons (Fsp3) is 0.545. The highest BCUT2D eigenvalue weighted by Gasteiger charge is 2.47. The van der Waals surface area contributed by atoms with Crippen LogP contribution in [0.3, 0.4) is 0 Å². The number of benzene rings is 3. The third-order valence-electron chi connectivity index (χ3n) is 18.7. The van der Waals surface area contributed by atoms with Crippen molar-refractivity contribution >= 4 is 62.6 Å². The topological polar surface area (TPSA) is 219 Å². The number of aryl methyl sites for hydroxylation is 1. The van der Waals surface area contributed by atoms with E-state index < -0.39 is 29.2 Å². The van der Waals surface area contributed by atoms with Gasteiger partial charge in [-0.05, 0) is 137 Å². The summed E-state index contributed by atoms with van der Waals surface area (Å²) in [4.78, 5) is 86.7. The van der Waals surface area contributed by atoms with Crippen molar-refractivity contribution < 1.29 is 38.9 Å². The van der Waals surface area contributed by atoms with Crippen LogP contribution < -0.4 is 20.3 Å². The molecular weight excluding hydrogens is 1110 g/mol. The number of anilines is 1. The van der Waals surface area contributed by atoms with Crippen molar-refractivity contribution in [2.75, 3.05) is 70.4 Å². The van der Waals surface area contributed by atoms with Gasteiger partial charge in [-0.1, -0.05) is 70.2 Å². The Kier molecular flexibility index (Phi) is 16.3. The third kappa shape index (κ3) is 12.1. The summed E-state index contributed by atoms with van der Waals surface area (Å²) >= 11 is 1.59. The number of nitrogens with zero attached hydrogens (tertiary/aromatic N) is 9. The number of aromatic nitrogens is 4. The van der Waals surface area contributed by atoms with Gasteiger partial charge in [-0.3, -0.25) is 34.1 Å². The fourth-order valence-electron chi connectivity index (χ4n) is 14.4. The summed E-state index contributed by atoms with van der Waals surface area (Å²) in [6.07, 6.45) is 5.87. The average molecular weight is 1190 g/mol. The molecule has 3 unspecified atom stereocenters. The van der Waals surface area contributed by atoms with Crippen LogP contribution in [0.5, 0.6) is 11.8 Å². The largest absolute Gasteiger partial charge is 0.508 e. The summed E-state index contributed by atoms with van der Waals surface area (Å²) in [6, 6.07) is 16.0. The molecule has 3 aromatic carbocycles. The average Bonchev–Trinajstić information content (AvgIpc) is 0.891. The molecule has 0 saturated carbocycles. The number of fused-ring (bicyclic) bond motifs is 6. The van der Waals surface area contributed by atoms with Crippen molar-refractivity contribution in [3.05, 3.63) is 88.7 Å². The Labute approximate surface area is 507 Å². The molecule has 86 heavy (non-hydrogen) atoms. The van der Waals surface area contributed by atoms with Gasteiger partial charge in [0, 0.05) is 68.9 Å². The quantitative estimate of drug-likeness (QED) is 0.0755. The number of piperidine rings is 1. The highest BCUT2D eigenvalue weighted by molar-refractivity contribution is 7.13. The molecule has 19 nitrogen and oxygen atoms in total. The summed E-state index contributed by atoms with van der Waals surface area (Å²) in [7, 11) is 0. The minimum Gasteiger partial charge on any atom is -0.508 e. The van der Waals surface area contributed by atoms with Gasteiger partial charge < -0.3 is 40.1 Å². The molecule has 4 N–H and O–H groups in total. The van der Waals surface area contributed by atoms with Gasteiger partial charge in [0.2, 0.25) is 17.7 Å². The molecule has 456 valence electrons. The number of aliphatic hydroxyl groups is 1. The van der Waals surface area contributed by atoms with Crippen LogP contribution in [0.2, 0.25) is 0 Å². The molecule has 2 bridgehead atoms. The highest BCUT2D eigenvalue weighted by atomic mass is 32.1. The highest BCUT2D eigenvalue weighted by Crippen LogP contribution is 2.49. The number of thiazole rings is 1. The van der Waals surface area contributed by atoms with Gasteiger partial charge in [-0.15, -0.1) is 11.3 Å². The summed E-state index contributed by atoms with van der Waals surface area (Å²) < 4.78 is 12.5. The van der Waals surface area contributed by atoms with Crippen LogP contribution in [0.4, 0.5) is 10.6 Å². The normalized spacial score (nSPS) is 22.6. The van der Waals surface area contributed by atoms with E-state index in [1.807, 2.05) is 114 Å². The van der Waals surface area contributed by atoms with Gasteiger partial charge in [0.1, 0.15) is 35.9 Å². The number of carbonyl (C=O) groups is 4. The molecule has 6 aromatic rings. The number of carbonyl (C=O) groups excluding carboxylic acids is 4. The maximum Gasteiger partial charge on any atom is 0.410 e. The molecule has 5 fully saturated rings. The van der Waals surface area contributed by atoms with Crippen molar-refractivity contribution in [3.8, 4) is 33.5 Å². The molecular formula is C66H83N11O8S. The van der Waals surface area contributed by atoms with E-state index in [1.54, 1.807) is 17.4 Å². The van der Waals surface area contributed by atoms with Crippen LogP contribution in [-0.2, 0) is 19.1 Å². The lowest BCUT2D eigenvalue weighted by Crippen LogP contribution is -2.60. The lowest BCUT2D eigenvalue weighted by atomic mass is 9.79. The van der Waals surface area contributed by atoms with Crippen molar-refractivity contribution in [1.82, 2.24) is 50.2 Å². The van der Waals surface area contributed by atoms with Crippen LogP contribution in [0.15, 0.2) is 66.3 Å². The number of likely N-dealkylation sites (tertiary alicyclic amines) is 3. The van der Waals surface area contributed by atoms with Crippen LogP contribution in [0.25, 0.3) is 43.4 Å². The number of pyridine rings is 1. The summed E-state index contributed by atoms with van der Waals surface area (Å²) in [5.74, 6) is 1.00. The van der Waals surface area contributed by atoms with Gasteiger partial charge in [-0.2, -0.15) is 9.97 Å². The summed E-state index contributed by atoms with van der Waals surface area (Å²) in [6.45, 7) is 23.6. The summed E-state index contributed by atoms with van der Waals surface area (Å²) in [5, 5.41) is 30.7. The summed E-state index contributed by atoms with van der Waals surface area (Å²) in [5.41, 5.74) is 8.10. The Morgan fingerprint density at radius 2 is 1.59 bits per heavy atom. The molecule has 12 rings (SSSR count). The molecule has 7 atom stereocenters. The first-order chi connectivity index (χ1) is 41.0. The second-order valence-corrected chi connectivity index (χ2v) is 28.1. The minimum atomic E-state index is -0.894. The van der Waals surface area contributed by atoms with Gasteiger partial charge in [-0.25, -0.2) is 9.78 Å². The molecule has 6 aliphatic rings. The monoisotopic (exact) mass is 1190 g/mol. The zero-order valence-corrected chi connectivity index (χ0v) is 52.0. The number of nitrogens with one attached hydrogen (secondary N) is 2. The standard InChI is InChI=1S/C66H83N11O8S/c1-37-49-12-10-11-44-26-47(78)27-50(55(44)49)56-54(37)57-51(29-67-56)60(75-32-45-17-18-46(33-75)77(45)64(83)85-66(7,8)9)72-63(71-57)84-24-23-73-21-19-40(20-22-73)25-41-30-74(31-41)35-53(80)70-59(65(4,5)6)62(82)76-34-48(79)28-52(76)61(81)69-38(2)42-13-15-43(16-14-42)58-39(3)68-36-86-58/h10-16,26-27,29,36-38,40-41,45-46,48,52,59,78-79H,17-25,28,30-35H2,1-9H3,(H,69,81)(H,70,80)/t37?,38-,45?,46?,48+,52-,59+/m0/s1. The second-order valence-electron chi connectivity index (χ2n) is 27.3. The van der Waals surface area contributed by atoms with E-state index in [1.165, 1.54) is 4.90 Å². The number of hydrogen-bond acceptors (Lipinski definition) is 16. The smallest absolute Gasteiger partial charge is 0.410 e. The number of hydrogen-bond donors (Lipinski definition) is 4. The maximum absolute atomic E-state index is 14.4. The Morgan fingerprint density at radius 1 is 0.860 bits per heavy atom. The number of β-amino-alcohol motifs (C(OH)–C–C–N with tert-alkyl or cyclic N) is 1. The predicted octanol–water partition coefficient (Wildman–Crippen LogP) is 8.82. The van der Waals surface area contributed by atoms with E-state index in [0.717, 1.165) is 136 Å². The number of phenols is 1. The van der Waals surface area contributed by atoms with E-state index >= 15 is 0 Å². The first-order valence-corrected chi connectivity index (χ1v) is 31.8. The molecule has 1 aliphatic carbocycles. The number of aromatic hydroxyl groups is 1. The Hall–Kier alpha value is -7.00. The molecule has 0 spiro atoms. The fourth-order valence-corrected chi connectivity index (χ4v) is 15.2. The molecule has 8 heterocycles. The zero-order valence-electron chi connectivity index (χ0n) is 51.1. The van der Waals surface area contributed by atoms with E-state index in [9.17, 15) is 29.4 Å². The first-order valence-electron chi connectivity index (χ1n) is 30.9. The molecule has 3 aromatic heterocycles. The van der Waals surface area contributed by atoms with E-state index in [4.69, 9.17) is 24.4 Å². The lowest BCUT2D eigenvalue weighted by molar-refractivity contribution is -0.144. The second kappa shape index (κ2) is 23.6. The molecule has 5 saturated heterocycles. The zero-order chi connectivity index (χ0) is 60.5. The number of piperazine rings is 1. The van der Waals surface area contributed by atoms with E-state index in [0.29, 0.717) is 37.5 Å². The van der Waals surface area contributed by atoms with Gasteiger partial charge in [0.15, 0.2) is 0 Å². The number of ether oxygens (including phenoxy) is 2.